The van der Waals surface area contributed by atoms with Crippen LogP contribution in [0.25, 0.3) is 21.9 Å². The van der Waals surface area contributed by atoms with E-state index in [4.69, 9.17) is 9.15 Å². The Morgan fingerprint density at radius 3 is 1.93 bits per heavy atom. The van der Waals surface area contributed by atoms with Crippen LogP contribution in [-0.4, -0.2) is 61.7 Å². The normalized spacial score (nSPS) is 22.5. The number of phenols is 2. The molecule has 5 aromatic rings. The average molecular weight is 571 g/mol. The van der Waals surface area contributed by atoms with Crippen molar-refractivity contribution in [3.05, 3.63) is 117 Å². The zero-order valence-electron chi connectivity index (χ0n) is 22.4. The number of aliphatic hydroxyl groups is 4. The number of ether oxygens (including phenoxy) is 1. The maximum atomic E-state index is 13.8. The Bertz CT molecular complexity index is 1800. The minimum absolute atomic E-state index is 0.0276. The third-order valence-electron chi connectivity index (χ3n) is 7.91. The van der Waals surface area contributed by atoms with E-state index in [2.05, 4.69) is 0 Å². The summed E-state index contributed by atoms with van der Waals surface area (Å²) in [6, 6.07) is 23.3. The quantitative estimate of drug-likeness (QED) is 0.169. The Hall–Kier alpha value is -4.25. The molecule has 9 heteroatoms. The Balaban J connectivity index is 1.56. The Labute approximate surface area is 240 Å². The molecule has 1 fully saturated rings. The van der Waals surface area contributed by atoms with Crippen molar-refractivity contribution >= 4 is 21.9 Å². The monoisotopic (exact) mass is 570 g/mol. The Morgan fingerprint density at radius 1 is 0.714 bits per heavy atom. The number of benzene rings is 4. The Kier molecular flexibility index (Phi) is 7.44. The van der Waals surface area contributed by atoms with E-state index in [1.165, 1.54) is 6.07 Å². The van der Waals surface area contributed by atoms with Gasteiger partial charge < -0.3 is 39.8 Å². The fraction of sp³-hybridized carbons (Fsp3) is 0.242. The topological polar surface area (TPSA) is 161 Å². The first kappa shape index (κ1) is 27.9. The lowest BCUT2D eigenvalue weighted by Gasteiger charge is -2.41. The molecule has 0 amide bonds. The van der Waals surface area contributed by atoms with Gasteiger partial charge in [0.2, 0.25) is 5.43 Å². The summed E-state index contributed by atoms with van der Waals surface area (Å²) < 4.78 is 12.0. The van der Waals surface area contributed by atoms with Crippen LogP contribution in [0.3, 0.4) is 0 Å². The van der Waals surface area contributed by atoms with E-state index in [0.29, 0.717) is 17.5 Å². The standard InChI is InChI=1S/C33H30O9/c34-16-25-29(37)31(39)32(40)33(42-25)26-20(12-18-9-5-2-6-10-18)14-24-27(30(26)38)28(36)21-15-22(35)19(13-23(21)41-24)11-17-7-3-1-4-8-17/h1-10,13-15,25,29,31-35,37-40H,11-12,16H2/t25-,29-,31+,32-,33+/m1/s1. The first-order chi connectivity index (χ1) is 20.3. The van der Waals surface area contributed by atoms with Gasteiger partial charge in [-0.3, -0.25) is 4.79 Å². The van der Waals surface area contributed by atoms with Crippen LogP contribution in [0.4, 0.5) is 0 Å². The molecule has 0 radical (unpaired) electrons. The van der Waals surface area contributed by atoms with Gasteiger partial charge in [-0.15, -0.1) is 0 Å². The summed E-state index contributed by atoms with van der Waals surface area (Å²) in [4.78, 5) is 13.8. The summed E-state index contributed by atoms with van der Waals surface area (Å²) in [5.74, 6) is -0.626. The minimum Gasteiger partial charge on any atom is -0.508 e. The predicted octanol–water partition coefficient (Wildman–Crippen LogP) is 3.05. The summed E-state index contributed by atoms with van der Waals surface area (Å²) in [7, 11) is 0. The highest BCUT2D eigenvalue weighted by Crippen LogP contribution is 2.43. The molecule has 0 aliphatic carbocycles. The van der Waals surface area contributed by atoms with Crippen LogP contribution >= 0.6 is 0 Å². The molecule has 0 spiro atoms. The third-order valence-corrected chi connectivity index (χ3v) is 7.91. The van der Waals surface area contributed by atoms with Crippen LogP contribution in [0, 0.1) is 0 Å². The fourth-order valence-corrected chi connectivity index (χ4v) is 5.71. The van der Waals surface area contributed by atoms with Gasteiger partial charge >= 0.3 is 0 Å². The van der Waals surface area contributed by atoms with Gasteiger partial charge in [-0.1, -0.05) is 60.7 Å². The number of phenolic OH excluding ortho intramolecular Hbond substituents is 2. The number of rotatable bonds is 6. The molecule has 6 rings (SSSR count). The molecule has 1 aromatic heterocycles. The van der Waals surface area contributed by atoms with Crippen LogP contribution in [0.2, 0.25) is 0 Å². The number of aromatic hydroxyl groups is 2. The number of hydrogen-bond donors (Lipinski definition) is 6. The van der Waals surface area contributed by atoms with Gasteiger partial charge in [-0.05, 0) is 41.3 Å². The van der Waals surface area contributed by atoms with Crippen molar-refractivity contribution in [2.45, 2.75) is 43.4 Å². The summed E-state index contributed by atoms with van der Waals surface area (Å²) in [5, 5.41) is 63.8. The van der Waals surface area contributed by atoms with E-state index >= 15 is 0 Å². The van der Waals surface area contributed by atoms with Gasteiger partial charge in [0.05, 0.1) is 12.0 Å². The van der Waals surface area contributed by atoms with Crippen LogP contribution in [0.5, 0.6) is 11.5 Å². The van der Waals surface area contributed by atoms with Gasteiger partial charge in [0, 0.05) is 17.5 Å². The number of hydrogen-bond acceptors (Lipinski definition) is 9. The van der Waals surface area contributed by atoms with E-state index in [-0.39, 0.29) is 39.7 Å². The lowest BCUT2D eigenvalue weighted by Crippen LogP contribution is -2.55. The number of aliphatic hydroxyl groups excluding tert-OH is 4. The molecule has 5 atom stereocenters. The Morgan fingerprint density at radius 2 is 1.31 bits per heavy atom. The van der Waals surface area contributed by atoms with E-state index in [9.17, 15) is 35.4 Å². The zero-order chi connectivity index (χ0) is 29.5. The van der Waals surface area contributed by atoms with Crippen molar-refractivity contribution in [1.29, 1.82) is 0 Å². The second-order valence-electron chi connectivity index (χ2n) is 10.7. The molecule has 1 saturated heterocycles. The van der Waals surface area contributed by atoms with Gasteiger partial charge in [0.15, 0.2) is 0 Å². The first-order valence-corrected chi connectivity index (χ1v) is 13.6. The largest absolute Gasteiger partial charge is 0.508 e. The molecule has 216 valence electrons. The molecule has 0 bridgehead atoms. The highest BCUT2D eigenvalue weighted by atomic mass is 16.5. The van der Waals surface area contributed by atoms with E-state index in [0.717, 1.165) is 11.1 Å². The van der Waals surface area contributed by atoms with Gasteiger partial charge in [-0.25, -0.2) is 0 Å². The molecule has 2 heterocycles. The van der Waals surface area contributed by atoms with Crippen molar-refractivity contribution in [2.24, 2.45) is 0 Å². The third kappa shape index (κ3) is 4.91. The van der Waals surface area contributed by atoms with Crippen molar-refractivity contribution in [3.8, 4) is 11.5 Å². The van der Waals surface area contributed by atoms with E-state index in [1.807, 2.05) is 60.7 Å². The molecule has 1 aliphatic heterocycles. The summed E-state index contributed by atoms with van der Waals surface area (Å²) in [6.07, 6.45) is -6.92. The van der Waals surface area contributed by atoms with Crippen LogP contribution in [0.15, 0.2) is 88.1 Å². The lowest BCUT2D eigenvalue weighted by atomic mass is 9.86. The zero-order valence-corrected chi connectivity index (χ0v) is 22.4. The molecule has 4 aromatic carbocycles. The van der Waals surface area contributed by atoms with E-state index in [1.54, 1.807) is 12.1 Å². The van der Waals surface area contributed by atoms with Crippen LogP contribution in [0.1, 0.15) is 33.9 Å². The summed E-state index contributed by atoms with van der Waals surface area (Å²) in [5.41, 5.74) is 2.54. The highest BCUT2D eigenvalue weighted by Gasteiger charge is 2.46. The van der Waals surface area contributed by atoms with Gasteiger partial charge in [-0.2, -0.15) is 0 Å². The maximum absolute atomic E-state index is 13.8. The first-order valence-electron chi connectivity index (χ1n) is 13.6. The second-order valence-corrected chi connectivity index (χ2v) is 10.7. The van der Waals surface area contributed by atoms with Crippen LogP contribution < -0.4 is 5.43 Å². The molecule has 0 saturated carbocycles. The second kappa shape index (κ2) is 11.2. The molecule has 0 unspecified atom stereocenters. The van der Waals surface area contributed by atoms with Gasteiger partial charge in [0.25, 0.3) is 0 Å². The molecule has 42 heavy (non-hydrogen) atoms. The molecular weight excluding hydrogens is 540 g/mol. The van der Waals surface area contributed by atoms with Crippen LogP contribution in [-0.2, 0) is 17.6 Å². The van der Waals surface area contributed by atoms with Crippen molar-refractivity contribution in [1.82, 2.24) is 0 Å². The fourth-order valence-electron chi connectivity index (χ4n) is 5.71. The van der Waals surface area contributed by atoms with E-state index < -0.39 is 48.3 Å². The number of fused-ring (bicyclic) bond motifs is 2. The maximum Gasteiger partial charge on any atom is 0.204 e. The smallest absolute Gasteiger partial charge is 0.204 e. The van der Waals surface area contributed by atoms with Crippen molar-refractivity contribution < 1.29 is 39.8 Å². The molecule has 1 aliphatic rings. The predicted molar refractivity (Wildman–Crippen MR) is 155 cm³/mol. The highest BCUT2D eigenvalue weighted by molar-refractivity contribution is 5.95. The molecular formula is C33H30O9. The average Bonchev–Trinajstić information content (AvgIpc) is 2.99. The summed E-state index contributed by atoms with van der Waals surface area (Å²) in [6.45, 7) is -0.652. The molecule has 9 nitrogen and oxygen atoms in total. The lowest BCUT2D eigenvalue weighted by molar-refractivity contribution is -0.232. The SMILES string of the molecule is O=c1c2cc(O)c(Cc3ccccc3)cc2oc2cc(Cc3ccccc3)c([C@@H]3O[C@H](CO)[C@@H](O)[C@H](O)[C@H]3O)c(O)c12. The molecule has 6 N–H and O–H groups in total. The minimum atomic E-state index is -1.69. The summed E-state index contributed by atoms with van der Waals surface area (Å²) >= 11 is 0. The van der Waals surface area contributed by atoms with Crippen molar-refractivity contribution in [2.75, 3.05) is 6.61 Å². The van der Waals surface area contributed by atoms with Gasteiger partial charge in [0.1, 0.15) is 58.6 Å². The van der Waals surface area contributed by atoms with Crippen molar-refractivity contribution in [3.63, 3.8) is 0 Å².